The van der Waals surface area contributed by atoms with Crippen molar-refractivity contribution in [3.05, 3.63) is 74.8 Å². The van der Waals surface area contributed by atoms with Crippen molar-refractivity contribution >= 4 is 23.4 Å². The number of nitro groups is 1. The van der Waals surface area contributed by atoms with Crippen LogP contribution in [0.15, 0.2) is 42.5 Å². The highest BCUT2D eigenvalue weighted by Crippen LogP contribution is 2.26. The monoisotopic (exact) mass is 409 g/mol. The van der Waals surface area contributed by atoms with Crippen molar-refractivity contribution in [2.75, 3.05) is 6.54 Å². The van der Waals surface area contributed by atoms with E-state index in [0.717, 1.165) is 23.0 Å². The maximum absolute atomic E-state index is 12.5. The van der Waals surface area contributed by atoms with Gasteiger partial charge < -0.3 is 5.32 Å². The van der Waals surface area contributed by atoms with E-state index in [2.05, 4.69) is 19.2 Å². The van der Waals surface area contributed by atoms with Crippen molar-refractivity contribution in [2.24, 2.45) is 5.92 Å². The molecule has 8 nitrogen and oxygen atoms in total. The van der Waals surface area contributed by atoms with Gasteiger partial charge in [0.1, 0.15) is 6.54 Å². The van der Waals surface area contributed by atoms with E-state index in [1.165, 1.54) is 17.7 Å². The molecule has 1 atom stereocenters. The number of amides is 3. The van der Waals surface area contributed by atoms with E-state index in [9.17, 15) is 24.5 Å². The Labute approximate surface area is 174 Å². The highest BCUT2D eigenvalue weighted by Gasteiger charge is 2.37. The molecule has 8 heteroatoms. The van der Waals surface area contributed by atoms with Gasteiger partial charge in [0.25, 0.3) is 17.5 Å². The fourth-order valence-corrected chi connectivity index (χ4v) is 3.46. The third-order valence-corrected chi connectivity index (χ3v) is 4.97. The third-order valence-electron chi connectivity index (χ3n) is 4.97. The number of non-ortho nitro benzene ring substituents is 1. The number of nitrogens with zero attached hydrogens (tertiary/aromatic N) is 2. The number of fused-ring (bicyclic) bond motifs is 1. The number of imide groups is 1. The minimum Gasteiger partial charge on any atom is -0.348 e. The first-order valence-electron chi connectivity index (χ1n) is 9.70. The summed E-state index contributed by atoms with van der Waals surface area (Å²) >= 11 is 0. The molecule has 1 aliphatic heterocycles. The highest BCUT2D eigenvalue weighted by molar-refractivity contribution is 6.22. The van der Waals surface area contributed by atoms with Crippen LogP contribution in [0.2, 0.25) is 0 Å². The molecular weight excluding hydrogens is 386 g/mol. The van der Waals surface area contributed by atoms with Gasteiger partial charge in [-0.2, -0.15) is 0 Å². The molecule has 0 saturated heterocycles. The van der Waals surface area contributed by atoms with Gasteiger partial charge in [0.05, 0.1) is 22.1 Å². The first-order chi connectivity index (χ1) is 14.2. The van der Waals surface area contributed by atoms with Gasteiger partial charge in [0.15, 0.2) is 0 Å². The standard InChI is InChI=1S/C22H23N3O5/c1-13(2)10-15-4-6-16(7-5-15)14(3)23-20(26)12-24-21(27)18-9-8-17(25(29)30)11-19(18)22(24)28/h4-9,11,13-14H,10,12H2,1-3H3,(H,23,26)/t14-/m1/s1. The van der Waals surface area contributed by atoms with Gasteiger partial charge >= 0.3 is 0 Å². The first kappa shape index (κ1) is 21.2. The Balaban J connectivity index is 1.65. The van der Waals surface area contributed by atoms with Crippen LogP contribution in [-0.4, -0.2) is 34.1 Å². The van der Waals surface area contributed by atoms with Crippen molar-refractivity contribution in [3.63, 3.8) is 0 Å². The van der Waals surface area contributed by atoms with Crippen molar-refractivity contribution < 1.29 is 19.3 Å². The smallest absolute Gasteiger partial charge is 0.270 e. The second kappa shape index (κ2) is 8.44. The lowest BCUT2D eigenvalue weighted by Gasteiger charge is -2.18. The number of hydrogen-bond acceptors (Lipinski definition) is 5. The molecule has 30 heavy (non-hydrogen) atoms. The van der Waals surface area contributed by atoms with E-state index in [1.807, 2.05) is 31.2 Å². The van der Waals surface area contributed by atoms with Crippen LogP contribution < -0.4 is 5.32 Å². The van der Waals surface area contributed by atoms with Gasteiger partial charge in [-0.3, -0.25) is 29.4 Å². The molecular formula is C22H23N3O5. The van der Waals surface area contributed by atoms with Crippen LogP contribution >= 0.6 is 0 Å². The maximum Gasteiger partial charge on any atom is 0.270 e. The van der Waals surface area contributed by atoms with Crippen molar-refractivity contribution in [1.29, 1.82) is 0 Å². The molecule has 0 radical (unpaired) electrons. The quantitative estimate of drug-likeness (QED) is 0.429. The molecule has 2 aromatic carbocycles. The number of nitro benzene ring substituents is 1. The molecule has 156 valence electrons. The first-order valence-corrected chi connectivity index (χ1v) is 9.70. The zero-order valence-electron chi connectivity index (χ0n) is 17.0. The average Bonchev–Trinajstić information content (AvgIpc) is 2.92. The largest absolute Gasteiger partial charge is 0.348 e. The van der Waals surface area contributed by atoms with E-state index in [4.69, 9.17) is 0 Å². The van der Waals surface area contributed by atoms with Crippen LogP contribution in [0.25, 0.3) is 0 Å². The predicted octanol–water partition coefficient (Wildman–Crippen LogP) is 3.27. The molecule has 3 rings (SSSR count). The lowest BCUT2D eigenvalue weighted by atomic mass is 10.00. The molecule has 0 bridgehead atoms. The van der Waals surface area contributed by atoms with Crippen LogP contribution in [0, 0.1) is 16.0 Å². The zero-order chi connectivity index (χ0) is 22.0. The summed E-state index contributed by atoms with van der Waals surface area (Å²) in [5.74, 6) is -1.28. The third kappa shape index (κ3) is 4.37. The van der Waals surface area contributed by atoms with Crippen molar-refractivity contribution in [3.8, 4) is 0 Å². The van der Waals surface area contributed by atoms with Gasteiger partial charge in [-0.25, -0.2) is 0 Å². The Morgan fingerprint density at radius 3 is 2.27 bits per heavy atom. The Morgan fingerprint density at radius 1 is 1.03 bits per heavy atom. The Hall–Kier alpha value is -3.55. The topological polar surface area (TPSA) is 110 Å². The summed E-state index contributed by atoms with van der Waals surface area (Å²) < 4.78 is 0. The molecule has 0 spiro atoms. The fourth-order valence-electron chi connectivity index (χ4n) is 3.46. The molecule has 1 aliphatic rings. The van der Waals surface area contributed by atoms with E-state index >= 15 is 0 Å². The lowest BCUT2D eigenvalue weighted by molar-refractivity contribution is -0.384. The van der Waals surface area contributed by atoms with Crippen LogP contribution in [0.3, 0.4) is 0 Å². The number of hydrogen-bond donors (Lipinski definition) is 1. The number of benzene rings is 2. The summed E-state index contributed by atoms with van der Waals surface area (Å²) in [5, 5.41) is 13.7. The number of rotatable bonds is 7. The average molecular weight is 409 g/mol. The maximum atomic E-state index is 12.5. The number of carbonyl (C=O) groups excluding carboxylic acids is 3. The molecule has 0 saturated carbocycles. The summed E-state index contributed by atoms with van der Waals surface area (Å²) in [4.78, 5) is 48.5. The second-order valence-electron chi connectivity index (χ2n) is 7.81. The highest BCUT2D eigenvalue weighted by atomic mass is 16.6. The molecule has 0 fully saturated rings. The Bertz CT molecular complexity index is 1010. The fraction of sp³-hybridized carbons (Fsp3) is 0.318. The van der Waals surface area contributed by atoms with Crippen LogP contribution in [0.5, 0.6) is 0 Å². The lowest BCUT2D eigenvalue weighted by Crippen LogP contribution is -2.41. The van der Waals surface area contributed by atoms with Gasteiger partial charge in [-0.05, 0) is 36.5 Å². The van der Waals surface area contributed by atoms with Gasteiger partial charge in [0.2, 0.25) is 5.91 Å². The van der Waals surface area contributed by atoms with E-state index in [1.54, 1.807) is 0 Å². The van der Waals surface area contributed by atoms with Crippen LogP contribution in [-0.2, 0) is 11.2 Å². The van der Waals surface area contributed by atoms with Gasteiger partial charge in [0, 0.05) is 12.1 Å². The van der Waals surface area contributed by atoms with E-state index < -0.39 is 29.2 Å². The molecule has 0 unspecified atom stereocenters. The molecule has 0 aliphatic carbocycles. The summed E-state index contributed by atoms with van der Waals surface area (Å²) in [6.07, 6.45) is 0.971. The zero-order valence-corrected chi connectivity index (χ0v) is 17.0. The summed E-state index contributed by atoms with van der Waals surface area (Å²) in [7, 11) is 0. The molecule has 1 heterocycles. The molecule has 1 N–H and O–H groups in total. The Kier molecular flexibility index (Phi) is 5.96. The van der Waals surface area contributed by atoms with Crippen LogP contribution in [0.1, 0.15) is 58.7 Å². The van der Waals surface area contributed by atoms with Crippen molar-refractivity contribution in [2.45, 2.75) is 33.2 Å². The number of carbonyl (C=O) groups is 3. The van der Waals surface area contributed by atoms with Crippen LogP contribution in [0.4, 0.5) is 5.69 Å². The van der Waals surface area contributed by atoms with Crippen molar-refractivity contribution in [1.82, 2.24) is 10.2 Å². The normalized spacial score (nSPS) is 14.1. The molecule has 0 aromatic heterocycles. The molecule has 2 aromatic rings. The predicted molar refractivity (Wildman–Crippen MR) is 110 cm³/mol. The Morgan fingerprint density at radius 2 is 1.67 bits per heavy atom. The molecule has 3 amide bonds. The number of nitrogens with one attached hydrogen (secondary N) is 1. The summed E-state index contributed by atoms with van der Waals surface area (Å²) in [6, 6.07) is 11.1. The van der Waals surface area contributed by atoms with E-state index in [-0.39, 0.29) is 22.9 Å². The minimum atomic E-state index is -0.709. The second-order valence-corrected chi connectivity index (χ2v) is 7.81. The van der Waals surface area contributed by atoms with Gasteiger partial charge in [-0.1, -0.05) is 38.1 Å². The minimum absolute atomic E-state index is 0.0595. The summed E-state index contributed by atoms with van der Waals surface area (Å²) in [5.41, 5.74) is 1.85. The van der Waals surface area contributed by atoms with E-state index in [0.29, 0.717) is 5.92 Å². The SMILES string of the molecule is CC(C)Cc1ccc([C@@H](C)NC(=O)CN2C(=O)c3ccc([N+](=O)[O-])cc3C2=O)cc1. The van der Waals surface area contributed by atoms with Gasteiger partial charge in [-0.15, -0.1) is 0 Å². The summed E-state index contributed by atoms with van der Waals surface area (Å²) in [6.45, 7) is 5.67.